The fourth-order valence-corrected chi connectivity index (χ4v) is 5.40. The first-order chi connectivity index (χ1) is 14.4. The van der Waals surface area contributed by atoms with Crippen molar-refractivity contribution in [3.05, 3.63) is 50.9 Å². The lowest BCUT2D eigenvalue weighted by Crippen LogP contribution is -2.46. The fraction of sp³-hybridized carbons (Fsp3) is 0.560. The van der Waals surface area contributed by atoms with E-state index in [2.05, 4.69) is 63.6 Å². The lowest BCUT2D eigenvalue weighted by molar-refractivity contribution is -0.0979. The molecule has 4 nitrogen and oxygen atoms in total. The third kappa shape index (κ3) is 5.71. The van der Waals surface area contributed by atoms with Crippen LogP contribution in [0.25, 0.3) is 5.57 Å². The van der Waals surface area contributed by atoms with E-state index in [1.54, 1.807) is 0 Å². The molecule has 2 aliphatic rings. The summed E-state index contributed by atoms with van der Waals surface area (Å²) < 4.78 is 5.55. The Morgan fingerprint density at radius 3 is 2.57 bits per heavy atom. The number of morpholine rings is 1. The molecule has 30 heavy (non-hydrogen) atoms. The van der Waals surface area contributed by atoms with Gasteiger partial charge in [-0.1, -0.05) is 25.2 Å². The minimum absolute atomic E-state index is 0.384. The Hall–Kier alpha value is -1.69. The van der Waals surface area contributed by atoms with Crippen molar-refractivity contribution in [2.75, 3.05) is 32.8 Å². The molecular formula is C25H38N2O2S. The van der Waals surface area contributed by atoms with Crippen molar-refractivity contribution in [1.82, 2.24) is 10.2 Å². The molecule has 0 bridgehead atoms. The van der Waals surface area contributed by atoms with Crippen molar-refractivity contribution in [3.63, 3.8) is 0 Å². The highest BCUT2D eigenvalue weighted by Gasteiger charge is 2.25. The zero-order valence-corrected chi connectivity index (χ0v) is 20.2. The summed E-state index contributed by atoms with van der Waals surface area (Å²) in [7, 11) is 0. The van der Waals surface area contributed by atoms with E-state index >= 15 is 0 Å². The van der Waals surface area contributed by atoms with Crippen LogP contribution in [0.3, 0.4) is 0 Å². The molecule has 0 saturated carbocycles. The van der Waals surface area contributed by atoms with Crippen LogP contribution in [0.5, 0.6) is 0 Å². The van der Waals surface area contributed by atoms with Gasteiger partial charge in [0.15, 0.2) is 0 Å². The van der Waals surface area contributed by atoms with Crippen LogP contribution in [0.1, 0.15) is 49.4 Å². The minimum atomic E-state index is 0.384. The monoisotopic (exact) mass is 430 g/mol. The molecular weight excluding hydrogens is 392 g/mol. The second-order valence-corrected chi connectivity index (χ2v) is 9.30. The van der Waals surface area contributed by atoms with Crippen LogP contribution < -0.4 is 5.32 Å². The first-order valence-corrected chi connectivity index (χ1v) is 11.7. The van der Waals surface area contributed by atoms with Crippen molar-refractivity contribution in [3.8, 4) is 0 Å². The number of allylic oxidation sites excluding steroid dienone is 3. The van der Waals surface area contributed by atoms with Gasteiger partial charge in [0, 0.05) is 47.0 Å². The minimum Gasteiger partial charge on any atom is -0.386 e. The molecule has 0 aromatic carbocycles. The second kappa shape index (κ2) is 11.6. The Labute approximate surface area is 186 Å². The fourth-order valence-electron chi connectivity index (χ4n) is 4.24. The highest BCUT2D eigenvalue weighted by molar-refractivity contribution is 7.13. The summed E-state index contributed by atoms with van der Waals surface area (Å²) in [5.74, 6) is 0.428. The number of thiophene rings is 1. The van der Waals surface area contributed by atoms with Gasteiger partial charge in [-0.2, -0.15) is 0 Å². The molecule has 0 radical (unpaired) electrons. The highest BCUT2D eigenvalue weighted by atomic mass is 32.1. The Kier molecular flexibility index (Phi) is 9.53. The predicted molar refractivity (Wildman–Crippen MR) is 129 cm³/mol. The van der Waals surface area contributed by atoms with Gasteiger partial charge in [-0.05, 0) is 63.3 Å². The van der Waals surface area contributed by atoms with Crippen LogP contribution in [-0.4, -0.2) is 50.6 Å². The summed E-state index contributed by atoms with van der Waals surface area (Å²) in [6.45, 7) is 22.4. The van der Waals surface area contributed by atoms with Crippen molar-refractivity contribution < 1.29 is 9.53 Å². The quantitative estimate of drug-likeness (QED) is 0.714. The van der Waals surface area contributed by atoms with Crippen LogP contribution in [0.15, 0.2) is 35.6 Å². The molecule has 0 amide bonds. The smallest absolute Gasteiger partial charge is 0.106 e. The average molecular weight is 431 g/mol. The molecule has 3 heterocycles. The molecule has 1 fully saturated rings. The number of hydrogen-bond donors (Lipinski definition) is 1. The van der Waals surface area contributed by atoms with Crippen LogP contribution in [0, 0.1) is 12.8 Å². The van der Waals surface area contributed by atoms with Gasteiger partial charge < -0.3 is 14.8 Å². The van der Waals surface area contributed by atoms with Crippen LogP contribution in [0.4, 0.5) is 0 Å². The molecule has 0 spiro atoms. The number of carbonyl (C=O) groups excluding carboxylic acids is 1. The summed E-state index contributed by atoms with van der Waals surface area (Å²) in [6, 6.07) is 2.72. The van der Waals surface area contributed by atoms with E-state index in [0.717, 1.165) is 45.7 Å². The van der Waals surface area contributed by atoms with Crippen molar-refractivity contribution >= 4 is 23.7 Å². The van der Waals surface area contributed by atoms with E-state index < -0.39 is 0 Å². The summed E-state index contributed by atoms with van der Waals surface area (Å²) >= 11 is 1.92. The van der Waals surface area contributed by atoms with Crippen molar-refractivity contribution in [2.24, 2.45) is 5.92 Å². The molecule has 2 aliphatic heterocycles. The van der Waals surface area contributed by atoms with Gasteiger partial charge in [-0.25, -0.2) is 0 Å². The Morgan fingerprint density at radius 1 is 1.30 bits per heavy atom. The molecule has 1 saturated heterocycles. The van der Waals surface area contributed by atoms with Gasteiger partial charge in [0.25, 0.3) is 0 Å². The van der Waals surface area contributed by atoms with Gasteiger partial charge in [0.05, 0.1) is 13.2 Å². The van der Waals surface area contributed by atoms with Crippen LogP contribution >= 0.6 is 11.3 Å². The number of nitrogens with zero attached hydrogens (tertiary/aromatic N) is 1. The topological polar surface area (TPSA) is 41.6 Å². The molecule has 166 valence electrons. The standard InChI is InChI=1S/C24H36N2OS.CH2O/c1-7-22-17(3)14-23(28-22)19(5)21-9-8-16(2)18(4)24(25-15-21)20(6)26-10-12-27-13-11-26;1-2/h8,14,20-21,25H,5,7,9-13,15H2,1-4,6H3;1H2/b16-8-,24-18-;. The predicted octanol–water partition coefficient (Wildman–Crippen LogP) is 5.00. The van der Waals surface area contributed by atoms with E-state index in [1.165, 1.54) is 37.7 Å². The zero-order chi connectivity index (χ0) is 22.3. The summed E-state index contributed by atoms with van der Waals surface area (Å²) in [5, 5.41) is 3.84. The van der Waals surface area contributed by atoms with Gasteiger partial charge in [-0.3, -0.25) is 4.90 Å². The molecule has 2 atom stereocenters. The lowest BCUT2D eigenvalue weighted by atomic mass is 9.90. The molecule has 3 rings (SSSR count). The third-order valence-corrected chi connectivity index (χ3v) is 7.86. The van der Waals surface area contributed by atoms with Gasteiger partial charge in [-0.15, -0.1) is 11.3 Å². The number of ether oxygens (including phenoxy) is 1. The molecule has 2 unspecified atom stereocenters. The maximum absolute atomic E-state index is 8.00. The molecule has 5 heteroatoms. The van der Waals surface area contributed by atoms with Crippen LogP contribution in [0.2, 0.25) is 0 Å². The Bertz CT molecular complexity index is 787. The third-order valence-electron chi connectivity index (χ3n) is 6.41. The second-order valence-electron chi connectivity index (χ2n) is 8.16. The number of hydrogen-bond acceptors (Lipinski definition) is 5. The summed E-state index contributed by atoms with van der Waals surface area (Å²) in [4.78, 5) is 13.4. The maximum Gasteiger partial charge on any atom is 0.106 e. The van der Waals surface area contributed by atoms with E-state index in [-0.39, 0.29) is 0 Å². The van der Waals surface area contributed by atoms with Gasteiger partial charge >= 0.3 is 0 Å². The summed E-state index contributed by atoms with van der Waals surface area (Å²) in [6.07, 6.45) is 4.57. The lowest BCUT2D eigenvalue weighted by Gasteiger charge is -2.36. The molecule has 1 aromatic heterocycles. The maximum atomic E-state index is 8.00. The molecule has 1 aromatic rings. The Balaban J connectivity index is 0.00000155. The SMILES string of the molecule is C=C(c1cc(C)c(CC)s1)C1C/C=C(C)\C(C)=C(\C(C)N2CCOCC2)NC1.C=O. The van der Waals surface area contributed by atoms with E-state index in [9.17, 15) is 0 Å². The summed E-state index contributed by atoms with van der Waals surface area (Å²) in [5.41, 5.74) is 6.83. The normalized spacial score (nSPS) is 25.6. The van der Waals surface area contributed by atoms with Crippen LogP contribution in [-0.2, 0) is 16.0 Å². The van der Waals surface area contributed by atoms with Crippen molar-refractivity contribution in [1.29, 1.82) is 0 Å². The molecule has 1 N–H and O–H groups in total. The first-order valence-electron chi connectivity index (χ1n) is 10.9. The van der Waals surface area contributed by atoms with Gasteiger partial charge in [0.2, 0.25) is 0 Å². The Morgan fingerprint density at radius 2 is 1.97 bits per heavy atom. The van der Waals surface area contributed by atoms with E-state index in [0.29, 0.717) is 12.0 Å². The average Bonchev–Trinajstić information content (AvgIpc) is 3.16. The number of aryl methyl sites for hydroxylation is 2. The molecule has 0 aliphatic carbocycles. The first kappa shape index (κ1) is 24.6. The number of carbonyl (C=O) groups is 1. The number of rotatable bonds is 5. The number of nitrogens with one attached hydrogen (secondary N) is 1. The largest absolute Gasteiger partial charge is 0.386 e. The highest BCUT2D eigenvalue weighted by Crippen LogP contribution is 2.34. The van der Waals surface area contributed by atoms with E-state index in [4.69, 9.17) is 9.53 Å². The van der Waals surface area contributed by atoms with Gasteiger partial charge in [0.1, 0.15) is 6.79 Å². The van der Waals surface area contributed by atoms with E-state index in [1.807, 2.05) is 18.1 Å². The zero-order valence-electron chi connectivity index (χ0n) is 19.3. The van der Waals surface area contributed by atoms with Crippen molar-refractivity contribution in [2.45, 2.75) is 53.5 Å².